The molecule has 0 radical (unpaired) electrons. The van der Waals surface area contributed by atoms with E-state index in [2.05, 4.69) is 194 Å². The average Bonchev–Trinajstić information content (AvgIpc) is 3.24. The van der Waals surface area contributed by atoms with Gasteiger partial charge in [0.15, 0.2) is 0 Å². The van der Waals surface area contributed by atoms with E-state index in [0.29, 0.717) is 0 Å². The zero-order valence-corrected chi connectivity index (χ0v) is 29.5. The Morgan fingerprint density at radius 3 is 0.926 bits per heavy atom. The Balaban J connectivity index is 1.27. The molecule has 0 fully saturated rings. The summed E-state index contributed by atoms with van der Waals surface area (Å²) < 4.78 is 0. The molecule has 0 aliphatic heterocycles. The molecule has 0 unspecified atom stereocenters. The topological polar surface area (TPSA) is 0 Å². The number of benzene rings is 12. The Bertz CT molecular complexity index is 3320. The average molecular weight is 681 g/mol. The molecule has 12 aromatic carbocycles. The van der Waals surface area contributed by atoms with Crippen molar-refractivity contribution in [1.82, 2.24) is 0 Å². The summed E-state index contributed by atoms with van der Waals surface area (Å²) in [7, 11) is 0. The molecule has 12 rings (SSSR count). The first-order valence-corrected chi connectivity index (χ1v) is 18.8. The minimum atomic E-state index is 1.25. The SMILES string of the molecule is c1ccc2c(c1)cc(-c1cc3cc(-c4cc5ccccc5c5ccc6ccccc6c45)c4ccccc4c3c3ccccc13)c1c3ccccc3ccc21. The van der Waals surface area contributed by atoms with Gasteiger partial charge in [-0.2, -0.15) is 0 Å². The smallest absolute Gasteiger partial charge is 0.00201 e. The zero-order chi connectivity index (χ0) is 35.3. The standard InChI is InChI=1S/C54H32/c1-7-19-40-33(13-1)25-27-46-38-17-5-3-15-35(38)29-50(53(40)46)48-31-37-32-49(43-22-10-12-24-45(43)52(37)44-23-11-9-21-42(44)48)51-30-36-16-4-6-18-39(36)47-28-26-34-14-2-8-20-41(34)54(47)51/h1-32H. The van der Waals surface area contributed by atoms with Crippen LogP contribution >= 0.6 is 0 Å². The lowest BCUT2D eigenvalue weighted by molar-refractivity contribution is 1.72. The maximum atomic E-state index is 2.49. The van der Waals surface area contributed by atoms with E-state index < -0.39 is 0 Å². The van der Waals surface area contributed by atoms with Gasteiger partial charge >= 0.3 is 0 Å². The predicted molar refractivity (Wildman–Crippen MR) is 235 cm³/mol. The molecule has 0 saturated heterocycles. The van der Waals surface area contributed by atoms with Crippen molar-refractivity contribution >= 4 is 97.0 Å². The minimum Gasteiger partial charge on any atom is -0.0616 e. The summed E-state index contributed by atoms with van der Waals surface area (Å²) in [5.74, 6) is 0. The van der Waals surface area contributed by atoms with Crippen LogP contribution in [0.25, 0.3) is 119 Å². The van der Waals surface area contributed by atoms with E-state index in [1.807, 2.05) is 0 Å². The highest BCUT2D eigenvalue weighted by Crippen LogP contribution is 2.48. The van der Waals surface area contributed by atoms with Crippen LogP contribution in [-0.2, 0) is 0 Å². The molecule has 0 N–H and O–H groups in total. The third kappa shape index (κ3) is 4.14. The van der Waals surface area contributed by atoms with Crippen molar-refractivity contribution in [2.24, 2.45) is 0 Å². The van der Waals surface area contributed by atoms with Crippen molar-refractivity contribution in [3.05, 3.63) is 194 Å². The molecule has 0 aliphatic rings. The van der Waals surface area contributed by atoms with Crippen LogP contribution < -0.4 is 0 Å². The highest BCUT2D eigenvalue weighted by atomic mass is 14.2. The van der Waals surface area contributed by atoms with Crippen molar-refractivity contribution in [3.8, 4) is 22.3 Å². The molecule has 248 valence electrons. The molecule has 0 aromatic heterocycles. The van der Waals surface area contributed by atoms with Crippen LogP contribution in [0, 0.1) is 0 Å². The third-order valence-electron chi connectivity index (χ3n) is 11.9. The number of hydrogen-bond donors (Lipinski definition) is 0. The Hall–Kier alpha value is -7.02. The van der Waals surface area contributed by atoms with E-state index in [1.54, 1.807) is 0 Å². The van der Waals surface area contributed by atoms with Crippen LogP contribution in [0.5, 0.6) is 0 Å². The normalized spacial score (nSPS) is 12.1. The Morgan fingerprint density at radius 2 is 0.481 bits per heavy atom. The molecule has 54 heavy (non-hydrogen) atoms. The van der Waals surface area contributed by atoms with Crippen molar-refractivity contribution in [1.29, 1.82) is 0 Å². The van der Waals surface area contributed by atoms with Crippen LogP contribution in [0.3, 0.4) is 0 Å². The van der Waals surface area contributed by atoms with Gasteiger partial charge in [-0.3, -0.25) is 0 Å². The van der Waals surface area contributed by atoms with Crippen LogP contribution in [0.4, 0.5) is 0 Å². The van der Waals surface area contributed by atoms with Gasteiger partial charge in [0.1, 0.15) is 0 Å². The van der Waals surface area contributed by atoms with Gasteiger partial charge in [-0.1, -0.05) is 170 Å². The Labute approximate surface area is 312 Å². The van der Waals surface area contributed by atoms with Crippen molar-refractivity contribution < 1.29 is 0 Å². The fraction of sp³-hybridized carbons (Fsp3) is 0. The van der Waals surface area contributed by atoms with Crippen LogP contribution in [0.2, 0.25) is 0 Å². The molecule has 0 atom stereocenters. The van der Waals surface area contributed by atoms with Gasteiger partial charge in [-0.25, -0.2) is 0 Å². The van der Waals surface area contributed by atoms with Crippen LogP contribution in [0.1, 0.15) is 0 Å². The third-order valence-corrected chi connectivity index (χ3v) is 11.9. The molecule has 0 aliphatic carbocycles. The van der Waals surface area contributed by atoms with Crippen LogP contribution in [-0.4, -0.2) is 0 Å². The summed E-state index contributed by atoms with van der Waals surface area (Å²) in [5, 5.41) is 23.0. The van der Waals surface area contributed by atoms with E-state index >= 15 is 0 Å². The summed E-state index contributed by atoms with van der Waals surface area (Å²) in [4.78, 5) is 0. The van der Waals surface area contributed by atoms with E-state index in [0.717, 1.165) is 0 Å². The fourth-order valence-corrected chi connectivity index (χ4v) is 9.62. The molecule has 0 bridgehead atoms. The first kappa shape index (κ1) is 29.5. The van der Waals surface area contributed by atoms with Gasteiger partial charge < -0.3 is 0 Å². The Morgan fingerprint density at radius 1 is 0.167 bits per heavy atom. The maximum absolute atomic E-state index is 2.49. The molecular formula is C54H32. The number of rotatable bonds is 2. The maximum Gasteiger partial charge on any atom is -0.00201 e. The lowest BCUT2D eigenvalue weighted by Gasteiger charge is -2.20. The van der Waals surface area contributed by atoms with E-state index in [4.69, 9.17) is 0 Å². The summed E-state index contributed by atoms with van der Waals surface area (Å²) in [6, 6.07) is 72.5. The molecular weight excluding hydrogens is 649 g/mol. The van der Waals surface area contributed by atoms with Gasteiger partial charge in [0.2, 0.25) is 0 Å². The number of fused-ring (bicyclic) bond motifs is 15. The summed E-state index contributed by atoms with van der Waals surface area (Å²) >= 11 is 0. The van der Waals surface area contributed by atoms with Gasteiger partial charge in [0.05, 0.1) is 0 Å². The largest absolute Gasteiger partial charge is 0.0616 e. The van der Waals surface area contributed by atoms with Crippen molar-refractivity contribution in [2.45, 2.75) is 0 Å². The van der Waals surface area contributed by atoms with Crippen LogP contribution in [0.15, 0.2) is 194 Å². The van der Waals surface area contributed by atoms with Gasteiger partial charge in [0, 0.05) is 0 Å². The quantitative estimate of drug-likeness (QED) is 0.159. The number of hydrogen-bond acceptors (Lipinski definition) is 0. The first-order valence-electron chi connectivity index (χ1n) is 18.8. The zero-order valence-electron chi connectivity index (χ0n) is 29.5. The molecule has 0 nitrogen and oxygen atoms in total. The second kappa shape index (κ2) is 11.2. The van der Waals surface area contributed by atoms with E-state index in [1.165, 1.54) is 119 Å². The van der Waals surface area contributed by atoms with Gasteiger partial charge in [0.25, 0.3) is 0 Å². The molecule has 0 spiro atoms. The van der Waals surface area contributed by atoms with E-state index in [-0.39, 0.29) is 0 Å². The molecule has 0 saturated carbocycles. The lowest BCUT2D eigenvalue weighted by Crippen LogP contribution is -1.92. The molecule has 0 heterocycles. The van der Waals surface area contributed by atoms with Gasteiger partial charge in [-0.15, -0.1) is 0 Å². The van der Waals surface area contributed by atoms with Crippen molar-refractivity contribution in [3.63, 3.8) is 0 Å². The van der Waals surface area contributed by atoms with Gasteiger partial charge in [-0.05, 0) is 143 Å². The van der Waals surface area contributed by atoms with E-state index in [9.17, 15) is 0 Å². The highest BCUT2D eigenvalue weighted by Gasteiger charge is 2.20. The van der Waals surface area contributed by atoms with Crippen molar-refractivity contribution in [2.75, 3.05) is 0 Å². The first-order chi connectivity index (χ1) is 26.8. The summed E-state index contributed by atoms with van der Waals surface area (Å²) in [6.07, 6.45) is 0. The molecule has 12 aromatic rings. The predicted octanol–water partition coefficient (Wildman–Crippen LogP) is 15.4. The monoisotopic (exact) mass is 680 g/mol. The molecule has 0 heteroatoms. The summed E-state index contributed by atoms with van der Waals surface area (Å²) in [5.41, 5.74) is 5.08. The Kier molecular flexibility index (Phi) is 6.15. The lowest BCUT2D eigenvalue weighted by atomic mass is 9.83. The second-order valence-electron chi connectivity index (χ2n) is 14.7. The highest BCUT2D eigenvalue weighted by molar-refractivity contribution is 6.31. The molecule has 0 amide bonds. The second-order valence-corrected chi connectivity index (χ2v) is 14.7. The minimum absolute atomic E-state index is 1.25. The fourth-order valence-electron chi connectivity index (χ4n) is 9.62. The summed E-state index contributed by atoms with van der Waals surface area (Å²) in [6.45, 7) is 0.